The lowest BCUT2D eigenvalue weighted by atomic mass is 9.87. The Balaban J connectivity index is 1.88. The van der Waals surface area contributed by atoms with Crippen molar-refractivity contribution in [3.63, 3.8) is 0 Å². The first-order valence-electron chi connectivity index (χ1n) is 11.8. The quantitative estimate of drug-likeness (QED) is 0.627. The first-order valence-corrected chi connectivity index (χ1v) is 11.8. The van der Waals surface area contributed by atoms with Crippen molar-refractivity contribution in [3.8, 4) is 17.2 Å². The number of hydrogen-bond acceptors (Lipinski definition) is 5. The Morgan fingerprint density at radius 2 is 1.66 bits per heavy atom. The molecule has 3 rings (SSSR count). The highest BCUT2D eigenvalue weighted by molar-refractivity contribution is 5.84. The molecule has 32 heavy (non-hydrogen) atoms. The lowest BCUT2D eigenvalue weighted by Crippen LogP contribution is -2.37. The van der Waals surface area contributed by atoms with Crippen molar-refractivity contribution >= 4 is 11.8 Å². The van der Waals surface area contributed by atoms with E-state index in [1.807, 2.05) is 17.0 Å². The van der Waals surface area contributed by atoms with Gasteiger partial charge in [-0.3, -0.25) is 9.59 Å². The molecular weight excluding hydrogens is 408 g/mol. The Bertz CT molecular complexity index is 779. The Labute approximate surface area is 191 Å². The molecule has 1 aliphatic heterocycles. The summed E-state index contributed by atoms with van der Waals surface area (Å²) < 4.78 is 16.5. The molecular formula is C25H38N2O5. The summed E-state index contributed by atoms with van der Waals surface area (Å²) >= 11 is 0. The first-order chi connectivity index (χ1) is 15.4. The van der Waals surface area contributed by atoms with Gasteiger partial charge in [-0.2, -0.15) is 0 Å². The fourth-order valence-electron chi connectivity index (χ4n) is 4.95. The Morgan fingerprint density at radius 1 is 1.03 bits per heavy atom. The molecule has 7 nitrogen and oxygen atoms in total. The van der Waals surface area contributed by atoms with E-state index in [1.54, 1.807) is 21.3 Å². The topological polar surface area (TPSA) is 77.1 Å². The zero-order valence-electron chi connectivity index (χ0n) is 20.1. The van der Waals surface area contributed by atoms with Gasteiger partial charge >= 0.3 is 0 Å². The van der Waals surface area contributed by atoms with Crippen LogP contribution in [0.3, 0.4) is 0 Å². The summed E-state index contributed by atoms with van der Waals surface area (Å²) in [7, 11) is 4.74. The summed E-state index contributed by atoms with van der Waals surface area (Å²) in [6, 6.07) is 3.81. The average Bonchev–Trinajstić information content (AvgIpc) is 3.47. The van der Waals surface area contributed by atoms with Crippen LogP contribution in [0.4, 0.5) is 0 Å². The SMILES string of the molecule is COc1cc([C@@H]2CN(C(=O)C3CCCC3)C[C@@H]2C(=O)NCCC(C)C)cc(OC)c1OC. The van der Waals surface area contributed by atoms with E-state index in [2.05, 4.69) is 19.2 Å². The second-order valence-corrected chi connectivity index (χ2v) is 9.37. The summed E-state index contributed by atoms with van der Waals surface area (Å²) in [5.74, 6) is 2.01. The Morgan fingerprint density at radius 3 is 2.19 bits per heavy atom. The second kappa shape index (κ2) is 10.9. The second-order valence-electron chi connectivity index (χ2n) is 9.37. The van der Waals surface area contributed by atoms with Crippen LogP contribution in [0.25, 0.3) is 0 Å². The number of nitrogens with one attached hydrogen (secondary N) is 1. The van der Waals surface area contributed by atoms with Crippen LogP contribution in [0.2, 0.25) is 0 Å². The monoisotopic (exact) mass is 446 g/mol. The van der Waals surface area contributed by atoms with Gasteiger partial charge < -0.3 is 24.4 Å². The maximum absolute atomic E-state index is 13.2. The normalized spacial score (nSPS) is 21.1. The zero-order valence-corrected chi connectivity index (χ0v) is 20.1. The summed E-state index contributed by atoms with van der Waals surface area (Å²) in [5.41, 5.74) is 0.922. The maximum atomic E-state index is 13.2. The molecule has 1 saturated carbocycles. The van der Waals surface area contributed by atoms with Crippen LogP contribution in [0.5, 0.6) is 17.2 Å². The molecule has 178 valence electrons. The molecule has 2 amide bonds. The van der Waals surface area contributed by atoms with Crippen LogP contribution < -0.4 is 19.5 Å². The number of likely N-dealkylation sites (tertiary alicyclic amines) is 1. The molecule has 1 aromatic carbocycles. The highest BCUT2D eigenvalue weighted by atomic mass is 16.5. The van der Waals surface area contributed by atoms with E-state index < -0.39 is 0 Å². The average molecular weight is 447 g/mol. The van der Waals surface area contributed by atoms with Crippen molar-refractivity contribution in [2.45, 2.75) is 51.9 Å². The van der Waals surface area contributed by atoms with E-state index in [-0.39, 0.29) is 29.6 Å². The molecule has 2 aliphatic rings. The third kappa shape index (κ3) is 5.30. The minimum atomic E-state index is -0.310. The van der Waals surface area contributed by atoms with Gasteiger partial charge in [0.05, 0.1) is 27.2 Å². The van der Waals surface area contributed by atoms with Crippen LogP contribution >= 0.6 is 0 Å². The molecule has 7 heteroatoms. The molecule has 0 aromatic heterocycles. The van der Waals surface area contributed by atoms with Crippen LogP contribution in [0.15, 0.2) is 12.1 Å². The van der Waals surface area contributed by atoms with Crippen molar-refractivity contribution in [2.24, 2.45) is 17.8 Å². The number of rotatable bonds is 9. The van der Waals surface area contributed by atoms with Crippen molar-refractivity contribution < 1.29 is 23.8 Å². The minimum Gasteiger partial charge on any atom is -0.493 e. The van der Waals surface area contributed by atoms with Gasteiger partial charge in [0, 0.05) is 31.5 Å². The third-order valence-electron chi connectivity index (χ3n) is 6.81. The van der Waals surface area contributed by atoms with Crippen molar-refractivity contribution in [1.82, 2.24) is 10.2 Å². The number of hydrogen-bond donors (Lipinski definition) is 1. The first kappa shape index (κ1) is 24.2. The van der Waals surface area contributed by atoms with Gasteiger partial charge in [0.25, 0.3) is 0 Å². The molecule has 0 radical (unpaired) electrons. The number of amides is 2. The van der Waals surface area contributed by atoms with E-state index in [9.17, 15) is 9.59 Å². The molecule has 1 aromatic rings. The van der Waals surface area contributed by atoms with Crippen LogP contribution in [-0.2, 0) is 9.59 Å². The summed E-state index contributed by atoms with van der Waals surface area (Å²) in [5, 5.41) is 3.10. The number of carbonyl (C=O) groups excluding carboxylic acids is 2. The van der Waals surface area contributed by atoms with E-state index in [0.717, 1.165) is 37.7 Å². The van der Waals surface area contributed by atoms with Crippen molar-refractivity contribution in [3.05, 3.63) is 17.7 Å². The number of benzene rings is 1. The summed E-state index contributed by atoms with van der Waals surface area (Å²) in [6.07, 6.45) is 5.06. The number of methoxy groups -OCH3 is 3. The lowest BCUT2D eigenvalue weighted by molar-refractivity contribution is -0.134. The van der Waals surface area contributed by atoms with Gasteiger partial charge in [-0.05, 0) is 42.9 Å². The third-order valence-corrected chi connectivity index (χ3v) is 6.81. The Hall–Kier alpha value is -2.44. The number of ether oxygens (including phenoxy) is 3. The van der Waals surface area contributed by atoms with Crippen LogP contribution in [-0.4, -0.2) is 57.7 Å². The minimum absolute atomic E-state index is 0.00567. The van der Waals surface area contributed by atoms with E-state index >= 15 is 0 Å². The fourth-order valence-corrected chi connectivity index (χ4v) is 4.95. The summed E-state index contributed by atoms with van der Waals surface area (Å²) in [6.45, 7) is 5.90. The maximum Gasteiger partial charge on any atom is 0.225 e. The summed E-state index contributed by atoms with van der Waals surface area (Å²) in [4.78, 5) is 28.3. The van der Waals surface area contributed by atoms with Gasteiger partial charge in [-0.15, -0.1) is 0 Å². The van der Waals surface area contributed by atoms with E-state index in [0.29, 0.717) is 42.8 Å². The van der Waals surface area contributed by atoms with E-state index in [4.69, 9.17) is 14.2 Å². The molecule has 0 spiro atoms. The molecule has 1 heterocycles. The molecule has 2 fully saturated rings. The van der Waals surface area contributed by atoms with Crippen LogP contribution in [0.1, 0.15) is 57.4 Å². The lowest BCUT2D eigenvalue weighted by Gasteiger charge is -2.21. The highest BCUT2D eigenvalue weighted by Crippen LogP contribution is 2.43. The van der Waals surface area contributed by atoms with Gasteiger partial charge in [0.2, 0.25) is 17.6 Å². The molecule has 1 N–H and O–H groups in total. The van der Waals surface area contributed by atoms with Crippen molar-refractivity contribution in [1.29, 1.82) is 0 Å². The van der Waals surface area contributed by atoms with Crippen molar-refractivity contribution in [2.75, 3.05) is 41.0 Å². The fraction of sp³-hybridized carbons (Fsp3) is 0.680. The molecule has 1 saturated heterocycles. The zero-order chi connectivity index (χ0) is 23.3. The molecule has 0 bridgehead atoms. The predicted octanol–water partition coefficient (Wildman–Crippen LogP) is 3.61. The molecule has 1 aliphatic carbocycles. The van der Waals surface area contributed by atoms with Crippen LogP contribution in [0, 0.1) is 17.8 Å². The largest absolute Gasteiger partial charge is 0.493 e. The predicted molar refractivity (Wildman–Crippen MR) is 123 cm³/mol. The highest BCUT2D eigenvalue weighted by Gasteiger charge is 2.42. The Kier molecular flexibility index (Phi) is 8.26. The smallest absolute Gasteiger partial charge is 0.225 e. The molecule has 0 unspecified atom stereocenters. The van der Waals surface area contributed by atoms with Gasteiger partial charge in [-0.1, -0.05) is 26.7 Å². The van der Waals surface area contributed by atoms with Gasteiger partial charge in [0.15, 0.2) is 11.5 Å². The number of carbonyl (C=O) groups is 2. The van der Waals surface area contributed by atoms with E-state index in [1.165, 1.54) is 0 Å². The molecule has 2 atom stereocenters. The standard InChI is InChI=1S/C25H38N2O5/c1-16(2)10-11-26-24(28)20-15-27(25(29)17-8-6-7-9-17)14-19(20)18-12-21(30-3)23(32-5)22(13-18)31-4/h12-13,16-17,19-20H,6-11,14-15H2,1-5H3,(H,26,28)/t19-,20-/m0/s1. The number of nitrogens with zero attached hydrogens (tertiary/aromatic N) is 1. The van der Waals surface area contributed by atoms with Gasteiger partial charge in [0.1, 0.15) is 0 Å². The van der Waals surface area contributed by atoms with Gasteiger partial charge in [-0.25, -0.2) is 0 Å².